The van der Waals surface area contributed by atoms with Crippen LogP contribution in [0.4, 0.5) is 17.1 Å². The molecule has 0 saturated carbocycles. The van der Waals surface area contributed by atoms with Crippen LogP contribution in [0, 0.1) is 12.6 Å². The predicted molar refractivity (Wildman–Crippen MR) is 85.2 cm³/mol. The van der Waals surface area contributed by atoms with E-state index in [0.717, 1.165) is 5.69 Å². The molecule has 3 aromatic carbocycles. The third kappa shape index (κ3) is 1.67. The summed E-state index contributed by atoms with van der Waals surface area (Å²) in [5.41, 5.74) is 7.25. The van der Waals surface area contributed by atoms with Crippen LogP contribution in [0.15, 0.2) is 66.7 Å². The molecule has 109 valence electrons. The van der Waals surface area contributed by atoms with E-state index in [0.29, 0.717) is 0 Å². The van der Waals surface area contributed by atoms with E-state index in [9.17, 15) is 0 Å². The van der Waals surface area contributed by atoms with E-state index in [2.05, 4.69) is 83.3 Å². The van der Waals surface area contributed by atoms with Crippen molar-refractivity contribution >= 4 is 17.1 Å². The van der Waals surface area contributed by atoms with Crippen molar-refractivity contribution in [2.75, 3.05) is 10.0 Å². The molecular weight excluding hydrogens is 448 g/mol. The molecule has 2 aliphatic heterocycles. The first-order valence-electron chi connectivity index (χ1n) is 7.07. The molecule has 0 aliphatic carbocycles. The average molecular weight is 461 g/mol. The number of fused-ring (bicyclic) bond motifs is 8. The monoisotopic (exact) mass is 461 g/mol. The summed E-state index contributed by atoms with van der Waals surface area (Å²) in [4.78, 5) is 0. The Bertz CT molecular complexity index is 859. The van der Waals surface area contributed by atoms with Gasteiger partial charge < -0.3 is 10.0 Å². The van der Waals surface area contributed by atoms with E-state index in [1.54, 1.807) is 0 Å². The molecule has 0 bridgehead atoms. The van der Waals surface area contributed by atoms with E-state index >= 15 is 0 Å². The van der Waals surface area contributed by atoms with E-state index in [-0.39, 0.29) is 20.1 Å². The largest absolute Gasteiger partial charge is 0.344 e. The van der Waals surface area contributed by atoms with Crippen LogP contribution in [0.2, 0.25) is 0 Å². The SMILES string of the molecule is [Ir].[c-]1cccc2c1N1[CH-]c3ccccc3N1c1ccccc1-2. The summed E-state index contributed by atoms with van der Waals surface area (Å²) in [5.74, 6) is 0. The number of para-hydroxylation sites is 3. The van der Waals surface area contributed by atoms with Gasteiger partial charge in [0.25, 0.3) is 0 Å². The van der Waals surface area contributed by atoms with Crippen LogP contribution in [0.1, 0.15) is 5.56 Å². The van der Waals surface area contributed by atoms with Crippen molar-refractivity contribution in [3.05, 3.63) is 84.9 Å². The second-order valence-corrected chi connectivity index (χ2v) is 5.29. The summed E-state index contributed by atoms with van der Waals surface area (Å²) in [6, 6.07) is 26.6. The van der Waals surface area contributed by atoms with E-state index in [4.69, 9.17) is 0 Å². The standard InChI is InChI=1S/C19H12N2.Ir/c1-4-10-17-14(7-1)13-20-18-11-5-2-8-15(18)16-9-3-6-12-19(16)21(17)20;/h1-10,12-13H;/q-2;. The van der Waals surface area contributed by atoms with Gasteiger partial charge in [-0.3, -0.25) is 0 Å². The zero-order valence-electron chi connectivity index (χ0n) is 11.7. The van der Waals surface area contributed by atoms with Crippen LogP contribution in [0.5, 0.6) is 0 Å². The Hall–Kier alpha value is -2.22. The summed E-state index contributed by atoms with van der Waals surface area (Å²) in [7, 11) is 0. The summed E-state index contributed by atoms with van der Waals surface area (Å²) >= 11 is 0. The Balaban J connectivity index is 0.00000125. The minimum Gasteiger partial charge on any atom is -0.344 e. The maximum absolute atomic E-state index is 3.39. The van der Waals surface area contributed by atoms with E-state index in [1.807, 2.05) is 6.07 Å². The van der Waals surface area contributed by atoms with Gasteiger partial charge in [-0.1, -0.05) is 42.6 Å². The Morgan fingerprint density at radius 1 is 0.773 bits per heavy atom. The number of hydrazine groups is 1. The summed E-state index contributed by atoms with van der Waals surface area (Å²) < 4.78 is 0. The topological polar surface area (TPSA) is 6.48 Å². The number of rotatable bonds is 0. The molecule has 3 heteroatoms. The number of hydrogen-bond acceptors (Lipinski definition) is 2. The molecule has 0 aromatic heterocycles. The maximum Gasteiger partial charge on any atom is 0.0442 e. The van der Waals surface area contributed by atoms with Crippen LogP contribution in [0.25, 0.3) is 11.1 Å². The van der Waals surface area contributed by atoms with E-state index in [1.165, 1.54) is 28.1 Å². The smallest absolute Gasteiger partial charge is 0.0442 e. The van der Waals surface area contributed by atoms with Gasteiger partial charge in [-0.15, -0.1) is 17.2 Å². The van der Waals surface area contributed by atoms with Crippen LogP contribution in [-0.4, -0.2) is 0 Å². The number of hydrogen-bond donors (Lipinski definition) is 0. The van der Waals surface area contributed by atoms with Crippen LogP contribution in [-0.2, 0) is 20.1 Å². The quantitative estimate of drug-likeness (QED) is 0.455. The molecule has 0 saturated heterocycles. The average Bonchev–Trinajstić information content (AvgIpc) is 2.95. The molecule has 0 atom stereocenters. The molecule has 2 nitrogen and oxygen atoms in total. The van der Waals surface area contributed by atoms with Crippen LogP contribution >= 0.6 is 0 Å². The molecule has 1 radical (unpaired) electrons. The Kier molecular flexibility index (Phi) is 3.00. The summed E-state index contributed by atoms with van der Waals surface area (Å²) in [6.07, 6.45) is 0. The molecule has 5 rings (SSSR count). The molecule has 0 unspecified atom stereocenters. The molecule has 0 fully saturated rings. The predicted octanol–water partition coefficient (Wildman–Crippen LogP) is 4.55. The number of nitrogens with zero attached hydrogens (tertiary/aromatic N) is 2. The van der Waals surface area contributed by atoms with Gasteiger partial charge in [0.05, 0.1) is 0 Å². The fourth-order valence-corrected chi connectivity index (χ4v) is 3.23. The van der Waals surface area contributed by atoms with Crippen molar-refractivity contribution < 1.29 is 20.1 Å². The first-order chi connectivity index (χ1) is 10.4. The third-order valence-electron chi connectivity index (χ3n) is 4.13. The third-order valence-corrected chi connectivity index (χ3v) is 4.13. The van der Waals surface area contributed by atoms with Crippen LogP contribution in [0.3, 0.4) is 0 Å². The normalized spacial score (nSPS) is 13.3. The van der Waals surface area contributed by atoms with Crippen molar-refractivity contribution in [2.24, 2.45) is 0 Å². The second-order valence-electron chi connectivity index (χ2n) is 5.29. The molecule has 0 spiro atoms. The molecule has 0 amide bonds. The van der Waals surface area contributed by atoms with Gasteiger partial charge in [0.1, 0.15) is 0 Å². The Morgan fingerprint density at radius 2 is 1.50 bits per heavy atom. The van der Waals surface area contributed by atoms with Gasteiger partial charge in [-0.05, 0) is 17.3 Å². The zero-order valence-corrected chi connectivity index (χ0v) is 14.1. The summed E-state index contributed by atoms with van der Waals surface area (Å²) in [5, 5.41) is 4.46. The van der Waals surface area contributed by atoms with Crippen LogP contribution < -0.4 is 10.0 Å². The molecule has 2 aliphatic rings. The van der Waals surface area contributed by atoms with Crippen molar-refractivity contribution in [3.63, 3.8) is 0 Å². The molecular formula is C19H12IrN2-2. The number of anilines is 3. The first-order valence-corrected chi connectivity index (χ1v) is 7.07. The number of benzene rings is 3. The van der Waals surface area contributed by atoms with Gasteiger partial charge in [0.15, 0.2) is 0 Å². The minimum absolute atomic E-state index is 0. The molecule has 0 N–H and O–H groups in total. The van der Waals surface area contributed by atoms with Gasteiger partial charge in [0.2, 0.25) is 0 Å². The van der Waals surface area contributed by atoms with E-state index < -0.39 is 0 Å². The van der Waals surface area contributed by atoms with Gasteiger partial charge >= 0.3 is 0 Å². The van der Waals surface area contributed by atoms with Crippen molar-refractivity contribution in [1.82, 2.24) is 0 Å². The zero-order chi connectivity index (χ0) is 13.8. The Morgan fingerprint density at radius 3 is 2.41 bits per heavy atom. The van der Waals surface area contributed by atoms with Crippen molar-refractivity contribution in [3.8, 4) is 11.1 Å². The van der Waals surface area contributed by atoms with Gasteiger partial charge in [-0.25, -0.2) is 0 Å². The fourth-order valence-electron chi connectivity index (χ4n) is 3.23. The first kappa shape index (κ1) is 13.4. The van der Waals surface area contributed by atoms with Gasteiger partial charge in [0, 0.05) is 25.8 Å². The maximum atomic E-state index is 3.39. The van der Waals surface area contributed by atoms with Crippen molar-refractivity contribution in [2.45, 2.75) is 0 Å². The van der Waals surface area contributed by atoms with Crippen molar-refractivity contribution in [1.29, 1.82) is 0 Å². The molecule has 22 heavy (non-hydrogen) atoms. The van der Waals surface area contributed by atoms with Gasteiger partial charge in [-0.2, -0.15) is 30.3 Å². The molecule has 2 heterocycles. The minimum atomic E-state index is 0. The Labute approximate surface area is 143 Å². The second kappa shape index (κ2) is 4.91. The molecule has 3 aromatic rings. The summed E-state index contributed by atoms with van der Waals surface area (Å²) in [6.45, 7) is 2.18. The fraction of sp³-hybridized carbons (Fsp3) is 0.